The van der Waals surface area contributed by atoms with Gasteiger partial charge >= 0.3 is 0 Å². The highest BCUT2D eigenvalue weighted by atomic mass is 32.1. The lowest BCUT2D eigenvalue weighted by Gasteiger charge is -2.10. The Hall–Kier alpha value is -0.490. The molecule has 15 heavy (non-hydrogen) atoms. The Morgan fingerprint density at radius 1 is 1.73 bits per heavy atom. The van der Waals surface area contributed by atoms with Crippen molar-refractivity contribution in [2.45, 2.75) is 32.0 Å². The van der Waals surface area contributed by atoms with Gasteiger partial charge in [-0.25, -0.2) is 4.98 Å². The molecule has 3 N–H and O–H groups in total. The molecular weight excluding hydrogens is 210 g/mol. The molecule has 0 aliphatic carbocycles. The van der Waals surface area contributed by atoms with Gasteiger partial charge in [0.25, 0.3) is 0 Å². The molecule has 1 fully saturated rings. The first kappa shape index (κ1) is 11.0. The van der Waals surface area contributed by atoms with E-state index in [1.165, 1.54) is 0 Å². The highest BCUT2D eigenvalue weighted by Gasteiger charge is 2.21. The van der Waals surface area contributed by atoms with Crippen LogP contribution in [0.4, 0.5) is 0 Å². The molecule has 4 nitrogen and oxygen atoms in total. The summed E-state index contributed by atoms with van der Waals surface area (Å²) in [5.41, 5.74) is 1.11. The van der Waals surface area contributed by atoms with Crippen molar-refractivity contribution in [1.29, 1.82) is 0 Å². The molecule has 1 saturated heterocycles. The first-order chi connectivity index (χ1) is 7.24. The van der Waals surface area contributed by atoms with E-state index in [-0.39, 0.29) is 6.10 Å². The van der Waals surface area contributed by atoms with Crippen molar-refractivity contribution >= 4 is 11.3 Å². The van der Waals surface area contributed by atoms with Crippen molar-refractivity contribution < 1.29 is 5.11 Å². The van der Waals surface area contributed by atoms with Crippen LogP contribution < -0.4 is 10.6 Å². The van der Waals surface area contributed by atoms with E-state index < -0.39 is 0 Å². The minimum Gasteiger partial charge on any atom is -0.392 e. The normalized spacial score (nSPS) is 26.0. The molecule has 0 amide bonds. The monoisotopic (exact) mass is 227 g/mol. The number of hydrogen-bond acceptors (Lipinski definition) is 5. The van der Waals surface area contributed by atoms with Gasteiger partial charge in [-0.3, -0.25) is 0 Å². The van der Waals surface area contributed by atoms with E-state index in [0.29, 0.717) is 6.04 Å². The summed E-state index contributed by atoms with van der Waals surface area (Å²) in [5.74, 6) is 0. The van der Waals surface area contributed by atoms with Crippen LogP contribution in [0.15, 0.2) is 5.38 Å². The fraction of sp³-hybridized carbons (Fsp3) is 0.700. The molecule has 0 radical (unpaired) electrons. The minimum atomic E-state index is -0.168. The number of nitrogens with one attached hydrogen (secondary N) is 2. The number of aryl methyl sites for hydroxylation is 1. The summed E-state index contributed by atoms with van der Waals surface area (Å²) in [4.78, 5) is 4.38. The molecule has 1 aromatic rings. The molecular formula is C10H17N3OS. The van der Waals surface area contributed by atoms with Crippen molar-refractivity contribution in [1.82, 2.24) is 15.6 Å². The molecule has 1 aromatic heterocycles. The Labute approximate surface area is 93.7 Å². The standard InChI is InChI=1S/C10H17N3OS/c1-7-13-9(6-15-7)4-11-3-8-2-10(14)5-12-8/h6,8,10-12,14H,2-5H2,1H3. The van der Waals surface area contributed by atoms with Crippen LogP contribution in [-0.2, 0) is 6.54 Å². The van der Waals surface area contributed by atoms with Crippen molar-refractivity contribution in [2.75, 3.05) is 13.1 Å². The quantitative estimate of drug-likeness (QED) is 0.691. The van der Waals surface area contributed by atoms with E-state index in [1.807, 2.05) is 6.92 Å². The number of aliphatic hydroxyl groups excluding tert-OH is 1. The van der Waals surface area contributed by atoms with E-state index >= 15 is 0 Å². The van der Waals surface area contributed by atoms with Crippen LogP contribution in [0.2, 0.25) is 0 Å². The Kier molecular flexibility index (Phi) is 3.69. The lowest BCUT2D eigenvalue weighted by molar-refractivity contribution is 0.193. The number of thiazole rings is 1. The maximum absolute atomic E-state index is 9.32. The van der Waals surface area contributed by atoms with Gasteiger partial charge < -0.3 is 15.7 Å². The van der Waals surface area contributed by atoms with Crippen LogP contribution in [-0.4, -0.2) is 35.3 Å². The highest BCUT2D eigenvalue weighted by Crippen LogP contribution is 2.08. The van der Waals surface area contributed by atoms with Gasteiger partial charge in [0.2, 0.25) is 0 Å². The number of aromatic nitrogens is 1. The van der Waals surface area contributed by atoms with Gasteiger partial charge in [0.15, 0.2) is 0 Å². The summed E-state index contributed by atoms with van der Waals surface area (Å²) in [5, 5.41) is 19.1. The second-order valence-corrected chi connectivity index (χ2v) is 5.05. The number of rotatable bonds is 4. The van der Waals surface area contributed by atoms with Crippen LogP contribution in [0.1, 0.15) is 17.1 Å². The molecule has 2 unspecified atom stereocenters. The van der Waals surface area contributed by atoms with Gasteiger partial charge in [0, 0.05) is 31.1 Å². The topological polar surface area (TPSA) is 57.2 Å². The zero-order valence-electron chi connectivity index (χ0n) is 8.86. The van der Waals surface area contributed by atoms with Gasteiger partial charge in [-0.1, -0.05) is 0 Å². The Morgan fingerprint density at radius 3 is 3.20 bits per heavy atom. The summed E-state index contributed by atoms with van der Waals surface area (Å²) in [6.45, 7) is 4.46. The summed E-state index contributed by atoms with van der Waals surface area (Å²) >= 11 is 1.68. The Bertz CT molecular complexity index is 315. The van der Waals surface area contributed by atoms with Crippen LogP contribution in [0.3, 0.4) is 0 Å². The second-order valence-electron chi connectivity index (χ2n) is 3.98. The number of hydrogen-bond donors (Lipinski definition) is 3. The Balaban J connectivity index is 1.67. The zero-order valence-corrected chi connectivity index (χ0v) is 9.68. The maximum Gasteiger partial charge on any atom is 0.0897 e. The van der Waals surface area contributed by atoms with E-state index in [1.54, 1.807) is 11.3 Å². The molecule has 0 aromatic carbocycles. The van der Waals surface area contributed by atoms with Crippen LogP contribution in [0.25, 0.3) is 0 Å². The predicted molar refractivity (Wildman–Crippen MR) is 61.0 cm³/mol. The molecule has 5 heteroatoms. The number of β-amino-alcohol motifs (C(OH)–C–C–N with tert-alkyl or cyclic N) is 1. The lowest BCUT2D eigenvalue weighted by Crippen LogP contribution is -2.33. The molecule has 1 aliphatic heterocycles. The summed E-state index contributed by atoms with van der Waals surface area (Å²) in [6, 6.07) is 0.403. The third-order valence-corrected chi connectivity index (χ3v) is 3.38. The number of nitrogens with zero attached hydrogens (tertiary/aromatic N) is 1. The van der Waals surface area contributed by atoms with E-state index in [9.17, 15) is 5.11 Å². The van der Waals surface area contributed by atoms with E-state index in [0.717, 1.165) is 36.8 Å². The summed E-state index contributed by atoms with van der Waals surface area (Å²) < 4.78 is 0. The lowest BCUT2D eigenvalue weighted by atomic mass is 10.2. The SMILES string of the molecule is Cc1nc(CNCC2CC(O)CN2)cs1. The fourth-order valence-electron chi connectivity index (χ4n) is 1.82. The third kappa shape index (κ3) is 3.24. The van der Waals surface area contributed by atoms with Gasteiger partial charge in [-0.2, -0.15) is 0 Å². The van der Waals surface area contributed by atoms with Crippen molar-refractivity contribution in [2.24, 2.45) is 0 Å². The molecule has 2 rings (SSSR count). The molecule has 0 saturated carbocycles. The van der Waals surface area contributed by atoms with Crippen molar-refractivity contribution in [3.8, 4) is 0 Å². The van der Waals surface area contributed by atoms with Crippen LogP contribution in [0.5, 0.6) is 0 Å². The molecule has 84 valence electrons. The number of aliphatic hydroxyl groups is 1. The summed E-state index contributed by atoms with van der Waals surface area (Å²) in [7, 11) is 0. The maximum atomic E-state index is 9.32. The largest absolute Gasteiger partial charge is 0.392 e. The average molecular weight is 227 g/mol. The smallest absolute Gasteiger partial charge is 0.0897 e. The minimum absolute atomic E-state index is 0.168. The van der Waals surface area contributed by atoms with Gasteiger partial charge in [-0.05, 0) is 13.3 Å². The molecule has 2 heterocycles. The fourth-order valence-corrected chi connectivity index (χ4v) is 2.43. The first-order valence-corrected chi connectivity index (χ1v) is 6.15. The van der Waals surface area contributed by atoms with E-state index in [4.69, 9.17) is 0 Å². The molecule has 0 spiro atoms. The van der Waals surface area contributed by atoms with Gasteiger partial charge in [0.05, 0.1) is 16.8 Å². The van der Waals surface area contributed by atoms with Crippen molar-refractivity contribution in [3.63, 3.8) is 0 Å². The highest BCUT2D eigenvalue weighted by molar-refractivity contribution is 7.09. The first-order valence-electron chi connectivity index (χ1n) is 5.27. The average Bonchev–Trinajstić information content (AvgIpc) is 2.76. The third-order valence-electron chi connectivity index (χ3n) is 2.56. The zero-order chi connectivity index (χ0) is 10.7. The Morgan fingerprint density at radius 2 is 2.60 bits per heavy atom. The van der Waals surface area contributed by atoms with Crippen molar-refractivity contribution in [3.05, 3.63) is 16.1 Å². The predicted octanol–water partition coefficient (Wildman–Crippen LogP) is 0.264. The second kappa shape index (κ2) is 5.03. The summed E-state index contributed by atoms with van der Waals surface area (Å²) in [6.07, 6.45) is 0.682. The molecule has 2 atom stereocenters. The molecule has 0 bridgehead atoms. The van der Waals surface area contributed by atoms with E-state index in [2.05, 4.69) is 21.0 Å². The van der Waals surface area contributed by atoms with Crippen LogP contribution >= 0.6 is 11.3 Å². The molecule has 1 aliphatic rings. The van der Waals surface area contributed by atoms with Crippen LogP contribution in [0, 0.1) is 6.92 Å². The van der Waals surface area contributed by atoms with Gasteiger partial charge in [0.1, 0.15) is 0 Å². The van der Waals surface area contributed by atoms with Gasteiger partial charge in [-0.15, -0.1) is 11.3 Å².